The van der Waals surface area contributed by atoms with Crippen molar-refractivity contribution in [1.82, 2.24) is 5.32 Å². The van der Waals surface area contributed by atoms with Crippen LogP contribution < -0.4 is 5.32 Å². The molecule has 0 aliphatic carbocycles. The lowest BCUT2D eigenvalue weighted by molar-refractivity contribution is 0.0572. The number of likely N-dealkylation sites (N-methyl/N-ethyl adjacent to an activating group) is 1. The molecular formula is C12H27NO2. The van der Waals surface area contributed by atoms with Gasteiger partial charge in [-0.15, -0.1) is 0 Å². The van der Waals surface area contributed by atoms with Crippen molar-refractivity contribution in [3.63, 3.8) is 0 Å². The summed E-state index contributed by atoms with van der Waals surface area (Å²) in [7, 11) is 1.73. The van der Waals surface area contributed by atoms with E-state index in [-0.39, 0.29) is 0 Å². The van der Waals surface area contributed by atoms with Crippen LogP contribution in [-0.2, 0) is 9.47 Å². The lowest BCUT2D eigenvalue weighted by Gasteiger charge is -2.18. The predicted molar refractivity (Wildman–Crippen MR) is 64.2 cm³/mol. The van der Waals surface area contributed by atoms with E-state index < -0.39 is 0 Å². The topological polar surface area (TPSA) is 30.5 Å². The first kappa shape index (κ1) is 14.9. The first-order valence-corrected chi connectivity index (χ1v) is 6.04. The van der Waals surface area contributed by atoms with Crippen molar-refractivity contribution < 1.29 is 9.47 Å². The van der Waals surface area contributed by atoms with E-state index in [1.807, 2.05) is 0 Å². The minimum atomic E-state index is 0.328. The van der Waals surface area contributed by atoms with Crippen LogP contribution >= 0.6 is 0 Å². The summed E-state index contributed by atoms with van der Waals surface area (Å²) in [6.45, 7) is 9.83. The maximum absolute atomic E-state index is 5.67. The van der Waals surface area contributed by atoms with Gasteiger partial charge < -0.3 is 14.8 Å². The fraction of sp³-hybridized carbons (Fsp3) is 1.00. The molecule has 3 nitrogen and oxygen atoms in total. The van der Waals surface area contributed by atoms with Crippen molar-refractivity contribution in [1.29, 1.82) is 0 Å². The summed E-state index contributed by atoms with van der Waals surface area (Å²) in [5, 5.41) is 3.34. The third-order valence-corrected chi connectivity index (χ3v) is 2.36. The Morgan fingerprint density at radius 1 is 1.13 bits per heavy atom. The van der Waals surface area contributed by atoms with Gasteiger partial charge in [0.25, 0.3) is 0 Å². The molecule has 0 fully saturated rings. The summed E-state index contributed by atoms with van der Waals surface area (Å²) < 4.78 is 10.8. The Morgan fingerprint density at radius 3 is 2.40 bits per heavy atom. The molecule has 0 aromatic rings. The molecule has 0 aromatic carbocycles. The molecular weight excluding hydrogens is 190 g/mol. The van der Waals surface area contributed by atoms with Gasteiger partial charge >= 0.3 is 0 Å². The molecule has 0 aliphatic rings. The molecule has 0 bridgehead atoms. The molecule has 0 radical (unpaired) electrons. The van der Waals surface area contributed by atoms with E-state index in [2.05, 4.69) is 26.1 Å². The van der Waals surface area contributed by atoms with Gasteiger partial charge in [0, 0.05) is 13.7 Å². The maximum atomic E-state index is 5.67. The van der Waals surface area contributed by atoms with Crippen molar-refractivity contribution in [3.05, 3.63) is 0 Å². The largest absolute Gasteiger partial charge is 0.383 e. The van der Waals surface area contributed by atoms with E-state index in [0.717, 1.165) is 26.4 Å². The van der Waals surface area contributed by atoms with E-state index in [1.54, 1.807) is 7.11 Å². The second-order valence-corrected chi connectivity index (χ2v) is 4.14. The first-order chi connectivity index (χ1) is 7.24. The standard InChI is InChI=1S/C12H27NO2/c1-5-7-11(3)8-15-10-12(9-14-4)13-6-2/h11-13H,5-10H2,1-4H3. The average molecular weight is 217 g/mol. The molecule has 92 valence electrons. The molecule has 0 rings (SSSR count). The summed E-state index contributed by atoms with van der Waals surface area (Å²) in [4.78, 5) is 0. The second kappa shape index (κ2) is 10.4. The summed E-state index contributed by atoms with van der Waals surface area (Å²) in [6, 6.07) is 0.328. The zero-order valence-corrected chi connectivity index (χ0v) is 10.7. The van der Waals surface area contributed by atoms with E-state index in [4.69, 9.17) is 9.47 Å². The van der Waals surface area contributed by atoms with Gasteiger partial charge in [0.2, 0.25) is 0 Å². The van der Waals surface area contributed by atoms with E-state index in [1.165, 1.54) is 12.8 Å². The Bertz CT molecular complexity index is 125. The molecule has 1 N–H and O–H groups in total. The maximum Gasteiger partial charge on any atom is 0.0642 e. The molecule has 2 atom stereocenters. The van der Waals surface area contributed by atoms with Gasteiger partial charge in [-0.25, -0.2) is 0 Å². The smallest absolute Gasteiger partial charge is 0.0642 e. The number of nitrogens with one attached hydrogen (secondary N) is 1. The van der Waals surface area contributed by atoms with Crippen molar-refractivity contribution in [2.75, 3.05) is 33.5 Å². The summed E-state index contributed by atoms with van der Waals surface area (Å²) in [6.07, 6.45) is 2.48. The van der Waals surface area contributed by atoms with Crippen molar-refractivity contribution in [2.24, 2.45) is 5.92 Å². The highest BCUT2D eigenvalue weighted by molar-refractivity contribution is 4.64. The van der Waals surface area contributed by atoms with E-state index in [9.17, 15) is 0 Å². The van der Waals surface area contributed by atoms with Crippen LogP contribution in [0.5, 0.6) is 0 Å². The summed E-state index contributed by atoms with van der Waals surface area (Å²) in [5.74, 6) is 0.667. The number of rotatable bonds is 10. The minimum absolute atomic E-state index is 0.328. The van der Waals surface area contributed by atoms with Gasteiger partial charge in [-0.1, -0.05) is 27.2 Å². The normalized spacial score (nSPS) is 15.2. The Balaban J connectivity index is 3.51. The molecule has 0 aliphatic heterocycles. The van der Waals surface area contributed by atoms with Crippen molar-refractivity contribution in [2.45, 2.75) is 39.7 Å². The Labute approximate surface area is 94.5 Å². The van der Waals surface area contributed by atoms with Crippen LogP contribution in [0.3, 0.4) is 0 Å². The molecule has 0 spiro atoms. The molecule has 0 aromatic heterocycles. The van der Waals surface area contributed by atoms with Crippen molar-refractivity contribution in [3.8, 4) is 0 Å². The lowest BCUT2D eigenvalue weighted by atomic mass is 10.1. The zero-order chi connectivity index (χ0) is 11.5. The van der Waals surface area contributed by atoms with Crippen LogP contribution in [0.2, 0.25) is 0 Å². The number of ether oxygens (including phenoxy) is 2. The second-order valence-electron chi connectivity index (χ2n) is 4.14. The van der Waals surface area contributed by atoms with Crippen LogP contribution in [0.25, 0.3) is 0 Å². The van der Waals surface area contributed by atoms with Crippen LogP contribution in [-0.4, -0.2) is 39.5 Å². The van der Waals surface area contributed by atoms with Crippen LogP contribution in [0.4, 0.5) is 0 Å². The van der Waals surface area contributed by atoms with Crippen LogP contribution in [0.15, 0.2) is 0 Å². The molecule has 15 heavy (non-hydrogen) atoms. The molecule has 0 saturated carbocycles. The predicted octanol–water partition coefficient (Wildman–Crippen LogP) is 2.06. The van der Waals surface area contributed by atoms with Gasteiger partial charge in [-0.05, 0) is 18.9 Å². The highest BCUT2D eigenvalue weighted by atomic mass is 16.5. The van der Waals surface area contributed by atoms with Gasteiger partial charge in [0.05, 0.1) is 19.3 Å². The fourth-order valence-corrected chi connectivity index (χ4v) is 1.64. The van der Waals surface area contributed by atoms with Gasteiger partial charge in [0.15, 0.2) is 0 Å². The van der Waals surface area contributed by atoms with E-state index in [0.29, 0.717) is 12.0 Å². The highest BCUT2D eigenvalue weighted by Gasteiger charge is 2.08. The summed E-state index contributed by atoms with van der Waals surface area (Å²) in [5.41, 5.74) is 0. The average Bonchev–Trinajstić information content (AvgIpc) is 2.19. The minimum Gasteiger partial charge on any atom is -0.383 e. The quantitative estimate of drug-likeness (QED) is 0.607. The monoisotopic (exact) mass is 217 g/mol. The fourth-order valence-electron chi connectivity index (χ4n) is 1.64. The molecule has 0 saturated heterocycles. The van der Waals surface area contributed by atoms with Gasteiger partial charge in [0.1, 0.15) is 0 Å². The molecule has 0 amide bonds. The lowest BCUT2D eigenvalue weighted by Crippen LogP contribution is -2.37. The third-order valence-electron chi connectivity index (χ3n) is 2.36. The Kier molecular flexibility index (Phi) is 10.3. The number of hydrogen-bond donors (Lipinski definition) is 1. The Hall–Kier alpha value is -0.120. The van der Waals surface area contributed by atoms with E-state index >= 15 is 0 Å². The van der Waals surface area contributed by atoms with Crippen molar-refractivity contribution >= 4 is 0 Å². The SMILES string of the molecule is CCCC(C)COCC(COC)NCC. The third kappa shape index (κ3) is 8.85. The zero-order valence-electron chi connectivity index (χ0n) is 10.7. The molecule has 2 unspecified atom stereocenters. The summed E-state index contributed by atoms with van der Waals surface area (Å²) >= 11 is 0. The molecule has 3 heteroatoms. The number of methoxy groups -OCH3 is 1. The molecule has 0 heterocycles. The highest BCUT2D eigenvalue weighted by Crippen LogP contribution is 2.05. The van der Waals surface area contributed by atoms with Gasteiger partial charge in [-0.3, -0.25) is 0 Å². The first-order valence-electron chi connectivity index (χ1n) is 6.04. The van der Waals surface area contributed by atoms with Crippen LogP contribution in [0, 0.1) is 5.92 Å². The van der Waals surface area contributed by atoms with Crippen LogP contribution in [0.1, 0.15) is 33.6 Å². The number of hydrogen-bond acceptors (Lipinski definition) is 3. The Morgan fingerprint density at radius 2 is 1.87 bits per heavy atom. The van der Waals surface area contributed by atoms with Gasteiger partial charge in [-0.2, -0.15) is 0 Å².